The number of carbonyl (C=O) groups is 1. The van der Waals surface area contributed by atoms with Crippen LogP contribution in [0, 0.1) is 11.3 Å². The molecule has 1 saturated heterocycles. The summed E-state index contributed by atoms with van der Waals surface area (Å²) < 4.78 is 14.5. The van der Waals surface area contributed by atoms with Gasteiger partial charge in [0.05, 0.1) is 35.0 Å². The Hall–Kier alpha value is -5.23. The molecule has 5 N–H and O–H groups in total. The van der Waals surface area contributed by atoms with Crippen molar-refractivity contribution in [3.8, 4) is 28.7 Å². The van der Waals surface area contributed by atoms with E-state index in [2.05, 4.69) is 49.5 Å². The van der Waals surface area contributed by atoms with E-state index in [1.165, 1.54) is 6.20 Å². The van der Waals surface area contributed by atoms with Crippen molar-refractivity contribution in [3.05, 3.63) is 100 Å². The number of aromatic nitrogens is 3. The first kappa shape index (κ1) is 38.5. The van der Waals surface area contributed by atoms with E-state index in [0.717, 1.165) is 78.7 Å². The largest absolute Gasteiger partial charge is 0.488 e. The zero-order chi connectivity index (χ0) is 38.0. The number of nitrogens with zero attached hydrogens (tertiary/aromatic N) is 5. The highest BCUT2D eigenvalue weighted by Crippen LogP contribution is 2.38. The number of unbranched alkanes of at least 4 members (excludes halogenated alkanes) is 1. The van der Waals surface area contributed by atoms with Gasteiger partial charge in [-0.05, 0) is 49.6 Å². The minimum Gasteiger partial charge on any atom is -0.488 e. The number of fused-ring (bicyclic) bond motifs is 1. The molecule has 1 aliphatic rings. The molecule has 14 heteroatoms. The van der Waals surface area contributed by atoms with E-state index in [-0.39, 0.29) is 25.9 Å². The highest BCUT2D eigenvalue weighted by molar-refractivity contribution is 6.32. The normalized spacial score (nSPS) is 14.9. The maximum atomic E-state index is 11.5. The number of rotatable bonds is 18. The van der Waals surface area contributed by atoms with Crippen LogP contribution in [0.3, 0.4) is 0 Å². The summed E-state index contributed by atoms with van der Waals surface area (Å²) in [4.78, 5) is 17.9. The fourth-order valence-corrected chi connectivity index (χ4v) is 6.98. The Morgan fingerprint density at radius 3 is 2.59 bits per heavy atom. The summed E-state index contributed by atoms with van der Waals surface area (Å²) in [6.07, 6.45) is 7.67. The molecule has 0 saturated carbocycles. The number of nitriles is 1. The van der Waals surface area contributed by atoms with Gasteiger partial charge in [-0.25, -0.2) is 0 Å². The molecule has 0 bridgehead atoms. The Balaban J connectivity index is 1.20. The number of aliphatic hydroxyl groups excluding tert-OH is 2. The summed E-state index contributed by atoms with van der Waals surface area (Å²) in [7, 11) is 1.87. The molecule has 3 aromatic carbocycles. The maximum Gasteiger partial charge on any atom is 0.323 e. The standard InChI is InChI=1S/C40H44ClN7O6/c1-43-39-28(6-4-8-32(39)31-7-5-9-36-33(31)21-46-48(36)12-3-2-11-47-13-10-30(50)22-47)25-54-38-16-37(53-24-27-14-26(17-42)18-44-19-27)29(15-34(38)41)20-45-35(23-49)40(51)52/h4-9,14-16,18-19,21,30,35,43,45,49-50H,2-3,10-13,20,22-25H2,1H3,(H,51,52)/t30-,35+/m1/s1. The summed E-state index contributed by atoms with van der Waals surface area (Å²) >= 11 is 6.73. The van der Waals surface area contributed by atoms with E-state index >= 15 is 0 Å². The number of ether oxygens (including phenoxy) is 2. The van der Waals surface area contributed by atoms with E-state index in [9.17, 15) is 25.4 Å². The zero-order valence-corrected chi connectivity index (χ0v) is 30.8. The molecule has 0 unspecified atom stereocenters. The van der Waals surface area contributed by atoms with Crippen LogP contribution >= 0.6 is 11.6 Å². The third-order valence-electron chi connectivity index (χ3n) is 9.56. The second-order valence-corrected chi connectivity index (χ2v) is 13.7. The van der Waals surface area contributed by atoms with Crippen molar-refractivity contribution >= 4 is 34.2 Å². The summed E-state index contributed by atoms with van der Waals surface area (Å²) in [5.74, 6) is -0.454. The number of likely N-dealkylation sites (tertiary alicyclic amines) is 1. The van der Waals surface area contributed by atoms with E-state index in [1.54, 1.807) is 24.4 Å². The number of hydrogen-bond acceptors (Lipinski definition) is 11. The number of anilines is 1. The summed E-state index contributed by atoms with van der Waals surface area (Å²) in [6.45, 7) is 3.21. The van der Waals surface area contributed by atoms with Crippen LogP contribution in [-0.4, -0.2) is 86.4 Å². The monoisotopic (exact) mass is 753 g/mol. The van der Waals surface area contributed by atoms with Gasteiger partial charge in [0.15, 0.2) is 0 Å². The number of hydrogen-bond donors (Lipinski definition) is 5. The summed E-state index contributed by atoms with van der Waals surface area (Å²) in [6, 6.07) is 18.1. The Kier molecular flexibility index (Phi) is 13.0. The molecule has 6 rings (SSSR count). The molecule has 0 aliphatic carbocycles. The lowest BCUT2D eigenvalue weighted by atomic mass is 9.97. The maximum absolute atomic E-state index is 11.5. The van der Waals surface area contributed by atoms with Crippen molar-refractivity contribution in [2.45, 2.75) is 57.7 Å². The van der Waals surface area contributed by atoms with Gasteiger partial charge < -0.3 is 35.0 Å². The number of carboxylic acids is 1. The second kappa shape index (κ2) is 18.2. The number of pyridine rings is 1. The summed E-state index contributed by atoms with van der Waals surface area (Å²) in [5.41, 5.74) is 6.50. The van der Waals surface area contributed by atoms with E-state index in [4.69, 9.17) is 26.2 Å². The minimum absolute atomic E-state index is 0.0427. The average Bonchev–Trinajstić information content (AvgIpc) is 3.80. The van der Waals surface area contributed by atoms with Crippen LogP contribution in [0.15, 0.2) is 73.2 Å². The number of nitrogens with one attached hydrogen (secondary N) is 2. The number of para-hydroxylation sites is 1. The van der Waals surface area contributed by atoms with Crippen LogP contribution in [0.4, 0.5) is 5.69 Å². The first-order chi connectivity index (χ1) is 26.3. The van der Waals surface area contributed by atoms with Crippen LogP contribution in [0.1, 0.15) is 41.5 Å². The van der Waals surface area contributed by atoms with Crippen molar-refractivity contribution in [1.82, 2.24) is 25.0 Å². The summed E-state index contributed by atoms with van der Waals surface area (Å²) in [5, 5.41) is 50.3. The third-order valence-corrected chi connectivity index (χ3v) is 9.85. The molecule has 2 aromatic heterocycles. The first-order valence-electron chi connectivity index (χ1n) is 17.9. The molecule has 13 nitrogen and oxygen atoms in total. The quantitative estimate of drug-likeness (QED) is 0.0740. The molecule has 282 valence electrons. The zero-order valence-electron chi connectivity index (χ0n) is 30.0. The van der Waals surface area contributed by atoms with Crippen LogP contribution in [0.5, 0.6) is 11.5 Å². The third kappa shape index (κ3) is 9.28. The number of carboxylic acid groups (broad SMARTS) is 1. The number of aliphatic carboxylic acids is 1. The van der Waals surface area contributed by atoms with E-state index in [1.807, 2.05) is 31.4 Å². The van der Waals surface area contributed by atoms with Crippen molar-refractivity contribution in [3.63, 3.8) is 0 Å². The van der Waals surface area contributed by atoms with Gasteiger partial charge in [0.1, 0.15) is 36.8 Å². The van der Waals surface area contributed by atoms with Gasteiger partial charge in [-0.1, -0.05) is 41.9 Å². The molecule has 0 spiro atoms. The molecule has 2 atom stereocenters. The lowest BCUT2D eigenvalue weighted by Crippen LogP contribution is -2.39. The number of aryl methyl sites for hydroxylation is 1. The van der Waals surface area contributed by atoms with Gasteiger partial charge in [-0.15, -0.1) is 0 Å². The van der Waals surface area contributed by atoms with Crippen molar-refractivity contribution in [2.24, 2.45) is 0 Å². The number of benzene rings is 3. The predicted molar refractivity (Wildman–Crippen MR) is 205 cm³/mol. The Bertz CT molecular complexity index is 2120. The van der Waals surface area contributed by atoms with Crippen LogP contribution < -0.4 is 20.1 Å². The number of aliphatic hydroxyl groups is 2. The van der Waals surface area contributed by atoms with Crippen molar-refractivity contribution in [2.75, 3.05) is 38.6 Å². The highest BCUT2D eigenvalue weighted by Gasteiger charge is 2.21. The fraction of sp³-hybridized carbons (Fsp3) is 0.350. The minimum atomic E-state index is -1.19. The molecule has 0 radical (unpaired) electrons. The fourth-order valence-electron chi connectivity index (χ4n) is 6.74. The van der Waals surface area contributed by atoms with Gasteiger partial charge in [0, 0.05) is 85.0 Å². The lowest BCUT2D eigenvalue weighted by Gasteiger charge is -2.19. The smallest absolute Gasteiger partial charge is 0.323 e. The molecular weight excluding hydrogens is 710 g/mol. The van der Waals surface area contributed by atoms with Gasteiger partial charge in [-0.3, -0.25) is 19.8 Å². The Morgan fingerprint density at radius 1 is 1.04 bits per heavy atom. The first-order valence-corrected chi connectivity index (χ1v) is 18.3. The molecule has 1 aliphatic heterocycles. The van der Waals surface area contributed by atoms with Crippen LogP contribution in [-0.2, 0) is 31.1 Å². The van der Waals surface area contributed by atoms with Crippen molar-refractivity contribution in [1.29, 1.82) is 5.26 Å². The molecule has 0 amide bonds. The van der Waals surface area contributed by atoms with E-state index in [0.29, 0.717) is 33.2 Å². The van der Waals surface area contributed by atoms with Gasteiger partial charge >= 0.3 is 5.97 Å². The topological polar surface area (TPSA) is 178 Å². The van der Waals surface area contributed by atoms with Gasteiger partial charge in [0.2, 0.25) is 0 Å². The molecular formula is C40H44ClN7O6. The number of β-amino-alcohol motifs (C(OH)–C–C–N with tert-alkyl or cyclic N) is 1. The van der Waals surface area contributed by atoms with Crippen molar-refractivity contribution < 1.29 is 29.6 Å². The highest BCUT2D eigenvalue weighted by atomic mass is 35.5. The molecule has 1 fully saturated rings. The van der Waals surface area contributed by atoms with E-state index < -0.39 is 18.6 Å². The Morgan fingerprint density at radius 2 is 1.83 bits per heavy atom. The lowest BCUT2D eigenvalue weighted by molar-refractivity contribution is -0.140. The predicted octanol–water partition coefficient (Wildman–Crippen LogP) is 5.20. The Labute approximate surface area is 318 Å². The molecule has 3 heterocycles. The molecule has 54 heavy (non-hydrogen) atoms. The second-order valence-electron chi connectivity index (χ2n) is 13.3. The van der Waals surface area contributed by atoms with Gasteiger partial charge in [-0.2, -0.15) is 10.4 Å². The van der Waals surface area contributed by atoms with Crippen LogP contribution in [0.25, 0.3) is 22.0 Å². The average molecular weight is 754 g/mol. The van der Waals surface area contributed by atoms with Crippen LogP contribution in [0.2, 0.25) is 5.02 Å². The SMILES string of the molecule is CNc1c(COc2cc(OCc3cncc(C#N)c3)c(CN[C@@H](CO)C(=O)O)cc2Cl)cccc1-c1cccc2c1cnn2CCCCN1CC[C@@H](O)C1. The number of halogens is 1. The molecule has 5 aromatic rings. The van der Waals surface area contributed by atoms with Gasteiger partial charge in [0.25, 0.3) is 0 Å².